The molecule has 0 saturated carbocycles. The third kappa shape index (κ3) is 6.26. The molecular weight excluding hydrogens is 204 g/mol. The van der Waals surface area contributed by atoms with Crippen LogP contribution in [0.1, 0.15) is 20.8 Å². The average molecular weight is 221 g/mol. The molecule has 0 aromatic heterocycles. The van der Waals surface area contributed by atoms with E-state index in [4.69, 9.17) is 8.85 Å². The summed E-state index contributed by atoms with van der Waals surface area (Å²) in [5.74, 6) is -0.0738. The van der Waals surface area contributed by atoms with Crippen LogP contribution in [-0.4, -0.2) is 27.6 Å². The van der Waals surface area contributed by atoms with Crippen molar-refractivity contribution in [3.63, 3.8) is 0 Å². The Morgan fingerprint density at radius 2 is 1.85 bits per heavy atom. The van der Waals surface area contributed by atoms with Crippen molar-refractivity contribution in [3.8, 4) is 0 Å². The van der Waals surface area contributed by atoms with Crippen LogP contribution in [0.5, 0.6) is 0 Å². The molecule has 0 bridgehead atoms. The van der Waals surface area contributed by atoms with Gasteiger partial charge in [0.15, 0.2) is 5.12 Å². The molecule has 0 aliphatic rings. The third-order valence-electron chi connectivity index (χ3n) is 1.51. The van der Waals surface area contributed by atoms with E-state index in [-0.39, 0.29) is 11.0 Å². The molecule has 1 atom stereocenters. The number of rotatable bonds is 7. The van der Waals surface area contributed by atoms with Crippen LogP contribution < -0.4 is 0 Å². The van der Waals surface area contributed by atoms with Crippen molar-refractivity contribution in [2.24, 2.45) is 5.92 Å². The maximum absolute atomic E-state index is 10.9. The minimum atomic E-state index is -1.26. The van der Waals surface area contributed by atoms with E-state index >= 15 is 0 Å². The summed E-state index contributed by atoms with van der Waals surface area (Å²) < 4.78 is 10.8. The summed E-state index contributed by atoms with van der Waals surface area (Å²) in [6.07, 6.45) is 0. The highest BCUT2D eigenvalue weighted by Crippen LogP contribution is 2.11. The number of thiol groups is 1. The summed E-state index contributed by atoms with van der Waals surface area (Å²) in [5.41, 5.74) is 0. The molecule has 0 aromatic carbocycles. The fourth-order valence-electron chi connectivity index (χ4n) is 0.819. The first-order chi connectivity index (χ1) is 6.11. The van der Waals surface area contributed by atoms with Crippen molar-refractivity contribution in [2.45, 2.75) is 26.8 Å². The first kappa shape index (κ1) is 13.2. The number of hydrogen-bond acceptors (Lipinski definition) is 3. The molecule has 0 fully saturated rings. The smallest absolute Gasteiger partial charge is 0.385 e. The van der Waals surface area contributed by atoms with Gasteiger partial charge in [-0.2, -0.15) is 0 Å². The molecule has 1 unspecified atom stereocenters. The normalized spacial score (nSPS) is 13.3. The minimum absolute atomic E-state index is 0.0738. The van der Waals surface area contributed by atoms with E-state index in [1.165, 1.54) is 0 Å². The molecule has 3 nitrogen and oxygen atoms in total. The third-order valence-corrected chi connectivity index (χ3v) is 4.11. The molecule has 0 aliphatic carbocycles. The zero-order chi connectivity index (χ0) is 10.3. The minimum Gasteiger partial charge on any atom is -0.394 e. The molecule has 0 aliphatic heterocycles. The van der Waals surface area contributed by atoms with Gasteiger partial charge in [-0.05, 0) is 13.8 Å². The van der Waals surface area contributed by atoms with Crippen LogP contribution in [0.25, 0.3) is 0 Å². The van der Waals surface area contributed by atoms with E-state index in [0.29, 0.717) is 19.3 Å². The molecule has 0 saturated heterocycles. The largest absolute Gasteiger partial charge is 0.394 e. The Hall–Kier alpha value is 0.157. The summed E-state index contributed by atoms with van der Waals surface area (Å²) in [4.78, 5) is 10.9. The Kier molecular flexibility index (Phi) is 7.64. The van der Waals surface area contributed by atoms with Crippen LogP contribution in [0.4, 0.5) is 0 Å². The lowest BCUT2D eigenvalue weighted by molar-refractivity contribution is -0.113. The predicted octanol–water partition coefficient (Wildman–Crippen LogP) is 1.64. The van der Waals surface area contributed by atoms with Crippen molar-refractivity contribution in [1.82, 2.24) is 0 Å². The quantitative estimate of drug-likeness (QED) is 0.524. The maximum atomic E-state index is 10.9. The zero-order valence-electron chi connectivity index (χ0n) is 8.37. The lowest BCUT2D eigenvalue weighted by Gasteiger charge is -2.15. The van der Waals surface area contributed by atoms with Crippen LogP contribution >= 0.6 is 12.6 Å². The Bertz CT molecular complexity index is 148. The van der Waals surface area contributed by atoms with Crippen molar-refractivity contribution < 1.29 is 13.6 Å². The van der Waals surface area contributed by atoms with Gasteiger partial charge in [0.1, 0.15) is 0 Å². The fourth-order valence-corrected chi connectivity index (χ4v) is 2.73. The number of carbonyl (C=O) groups is 1. The van der Waals surface area contributed by atoms with Gasteiger partial charge < -0.3 is 8.85 Å². The lowest BCUT2D eigenvalue weighted by Crippen LogP contribution is -2.26. The van der Waals surface area contributed by atoms with E-state index < -0.39 is 9.28 Å². The molecule has 1 radical (unpaired) electrons. The molecule has 0 amide bonds. The standard InChI is InChI=1S/C8H17O3SSi/c1-4-10-13(11-5-2)6-7(3)8(9)12/h7H,4-6H2,1-3H3,(H,9,12). The molecule has 13 heavy (non-hydrogen) atoms. The fraction of sp³-hybridized carbons (Fsp3) is 0.875. The van der Waals surface area contributed by atoms with E-state index in [1.807, 2.05) is 20.8 Å². The van der Waals surface area contributed by atoms with Gasteiger partial charge in [-0.25, -0.2) is 0 Å². The first-order valence-corrected chi connectivity index (χ1v) is 6.43. The van der Waals surface area contributed by atoms with E-state index in [2.05, 4.69) is 12.6 Å². The second-order valence-electron chi connectivity index (χ2n) is 2.68. The highest BCUT2D eigenvalue weighted by molar-refractivity contribution is 7.96. The van der Waals surface area contributed by atoms with Crippen LogP contribution in [0.15, 0.2) is 0 Å². The van der Waals surface area contributed by atoms with Gasteiger partial charge in [-0.15, -0.1) is 12.6 Å². The highest BCUT2D eigenvalue weighted by Gasteiger charge is 2.21. The zero-order valence-corrected chi connectivity index (χ0v) is 10.3. The van der Waals surface area contributed by atoms with Crippen LogP contribution in [0, 0.1) is 5.92 Å². The van der Waals surface area contributed by atoms with E-state index in [1.54, 1.807) is 0 Å². The molecule has 0 spiro atoms. The number of hydrogen-bond donors (Lipinski definition) is 1. The SMILES string of the molecule is CCO[Si](CC(C)C(=O)S)OCC. The number of carbonyl (C=O) groups excluding carboxylic acids is 1. The van der Waals surface area contributed by atoms with Crippen LogP contribution in [0.2, 0.25) is 6.04 Å². The summed E-state index contributed by atoms with van der Waals surface area (Å²) >= 11 is 3.77. The summed E-state index contributed by atoms with van der Waals surface area (Å²) in [6, 6.07) is 0.675. The molecule has 5 heteroatoms. The summed E-state index contributed by atoms with van der Waals surface area (Å²) in [5, 5.41) is -0.0955. The van der Waals surface area contributed by atoms with Gasteiger partial charge in [0.25, 0.3) is 0 Å². The average Bonchev–Trinajstić information content (AvgIpc) is 2.05. The second kappa shape index (κ2) is 7.55. The first-order valence-electron chi connectivity index (χ1n) is 4.46. The van der Waals surface area contributed by atoms with Gasteiger partial charge in [0.2, 0.25) is 0 Å². The molecule has 0 heterocycles. The van der Waals surface area contributed by atoms with Crippen LogP contribution in [0.3, 0.4) is 0 Å². The van der Waals surface area contributed by atoms with Crippen LogP contribution in [-0.2, 0) is 13.6 Å². The van der Waals surface area contributed by atoms with Crippen molar-refractivity contribution in [3.05, 3.63) is 0 Å². The van der Waals surface area contributed by atoms with Gasteiger partial charge in [-0.3, -0.25) is 4.79 Å². The van der Waals surface area contributed by atoms with Gasteiger partial charge in [0, 0.05) is 25.2 Å². The maximum Gasteiger partial charge on any atom is 0.385 e. The monoisotopic (exact) mass is 221 g/mol. The van der Waals surface area contributed by atoms with Gasteiger partial charge in [-0.1, -0.05) is 6.92 Å². The molecule has 0 N–H and O–H groups in total. The lowest BCUT2D eigenvalue weighted by atomic mass is 10.2. The van der Waals surface area contributed by atoms with Crippen molar-refractivity contribution in [2.75, 3.05) is 13.2 Å². The van der Waals surface area contributed by atoms with E-state index in [9.17, 15) is 4.79 Å². The Labute approximate surface area is 87.1 Å². The summed E-state index contributed by atoms with van der Waals surface area (Å²) in [7, 11) is -1.26. The predicted molar refractivity (Wildman–Crippen MR) is 57.0 cm³/mol. The molecular formula is C8H17O3SSi. The Balaban J connectivity index is 3.85. The second-order valence-corrected chi connectivity index (χ2v) is 4.85. The molecule has 77 valence electrons. The van der Waals surface area contributed by atoms with E-state index in [0.717, 1.165) is 0 Å². The summed E-state index contributed by atoms with van der Waals surface area (Å²) in [6.45, 7) is 6.98. The topological polar surface area (TPSA) is 35.5 Å². The molecule has 0 rings (SSSR count). The van der Waals surface area contributed by atoms with Gasteiger partial charge >= 0.3 is 9.28 Å². The highest BCUT2D eigenvalue weighted by atomic mass is 32.1. The van der Waals surface area contributed by atoms with Gasteiger partial charge in [0.05, 0.1) is 0 Å². The Morgan fingerprint density at radius 3 is 2.15 bits per heavy atom. The van der Waals surface area contributed by atoms with Crippen molar-refractivity contribution >= 4 is 27.0 Å². The Morgan fingerprint density at radius 1 is 1.38 bits per heavy atom. The van der Waals surface area contributed by atoms with Crippen molar-refractivity contribution in [1.29, 1.82) is 0 Å². The molecule has 0 aromatic rings.